The first-order chi connectivity index (χ1) is 9.15. The first-order valence-corrected chi connectivity index (χ1v) is 6.52. The van der Waals surface area contributed by atoms with Gasteiger partial charge in [0.25, 0.3) is 0 Å². The molecule has 0 saturated heterocycles. The van der Waals surface area contributed by atoms with Gasteiger partial charge in [-0.25, -0.2) is 4.79 Å². The summed E-state index contributed by atoms with van der Waals surface area (Å²) in [7, 11) is 0. The molecular weight excluding hydrogens is 288 g/mol. The van der Waals surface area contributed by atoms with Crippen molar-refractivity contribution in [3.05, 3.63) is 40.2 Å². The highest BCUT2D eigenvalue weighted by atomic mass is 35.5. The Morgan fingerprint density at radius 3 is 2.63 bits per heavy atom. The largest absolute Gasteiger partial charge is 0.483 e. The summed E-state index contributed by atoms with van der Waals surface area (Å²) in [6.45, 7) is -0.231. The van der Waals surface area contributed by atoms with E-state index in [4.69, 9.17) is 21.4 Å². The molecule has 0 aliphatic rings. The van der Waals surface area contributed by atoms with Crippen LogP contribution in [0.4, 0.5) is 0 Å². The van der Waals surface area contributed by atoms with Crippen LogP contribution in [0.5, 0.6) is 5.75 Å². The van der Waals surface area contributed by atoms with Crippen LogP contribution in [0.15, 0.2) is 30.3 Å². The van der Waals surface area contributed by atoms with Crippen LogP contribution >= 0.6 is 22.9 Å². The van der Waals surface area contributed by atoms with Crippen molar-refractivity contribution in [1.82, 2.24) is 0 Å². The highest BCUT2D eigenvalue weighted by molar-refractivity contribution is 7.18. The summed E-state index contributed by atoms with van der Waals surface area (Å²) >= 11 is 7.18. The van der Waals surface area contributed by atoms with Gasteiger partial charge in [-0.05, 0) is 5.56 Å². The van der Waals surface area contributed by atoms with E-state index in [9.17, 15) is 9.59 Å². The molecule has 1 heterocycles. The predicted molar refractivity (Wildman–Crippen MR) is 73.3 cm³/mol. The SMILES string of the molecule is O=CCOc1c(C(=O)O)sc(-c2ccccc2)c1Cl. The summed E-state index contributed by atoms with van der Waals surface area (Å²) < 4.78 is 5.11. The topological polar surface area (TPSA) is 63.6 Å². The van der Waals surface area contributed by atoms with Gasteiger partial charge in [0, 0.05) is 0 Å². The molecule has 0 radical (unpaired) electrons. The fraction of sp³-hybridized carbons (Fsp3) is 0.0769. The Hall–Kier alpha value is -1.85. The second-order valence-corrected chi connectivity index (χ2v) is 4.95. The number of thiophene rings is 1. The van der Waals surface area contributed by atoms with Crippen molar-refractivity contribution in [2.45, 2.75) is 0 Å². The number of carboxylic acids is 1. The molecule has 2 rings (SSSR count). The lowest BCUT2D eigenvalue weighted by Crippen LogP contribution is -2.02. The first kappa shape index (κ1) is 13.6. The number of aromatic carboxylic acids is 1. The van der Waals surface area contributed by atoms with Crippen LogP contribution in [0.1, 0.15) is 9.67 Å². The molecule has 6 heteroatoms. The summed E-state index contributed by atoms with van der Waals surface area (Å²) in [6.07, 6.45) is 0.543. The minimum atomic E-state index is -1.13. The molecule has 1 aromatic carbocycles. The number of carboxylic acid groups (broad SMARTS) is 1. The Morgan fingerprint density at radius 1 is 1.37 bits per heavy atom. The third-order valence-electron chi connectivity index (χ3n) is 2.33. The lowest BCUT2D eigenvalue weighted by molar-refractivity contribution is -0.109. The zero-order valence-electron chi connectivity index (χ0n) is 9.63. The number of carbonyl (C=O) groups is 2. The van der Waals surface area contributed by atoms with Gasteiger partial charge < -0.3 is 9.84 Å². The molecule has 0 unspecified atom stereocenters. The van der Waals surface area contributed by atoms with Crippen molar-refractivity contribution in [3.8, 4) is 16.2 Å². The number of rotatable bonds is 5. The van der Waals surface area contributed by atoms with E-state index in [1.807, 2.05) is 30.3 Å². The molecule has 19 heavy (non-hydrogen) atoms. The number of halogens is 1. The summed E-state index contributed by atoms with van der Waals surface area (Å²) in [5, 5.41) is 9.35. The second kappa shape index (κ2) is 5.86. The maximum atomic E-state index is 11.2. The summed E-state index contributed by atoms with van der Waals surface area (Å²) in [5.41, 5.74) is 0.806. The number of ether oxygens (including phenoxy) is 1. The molecule has 0 fully saturated rings. The molecule has 1 N–H and O–H groups in total. The van der Waals surface area contributed by atoms with Gasteiger partial charge in [-0.2, -0.15) is 0 Å². The minimum Gasteiger partial charge on any atom is -0.483 e. The Morgan fingerprint density at radius 2 is 2.05 bits per heavy atom. The lowest BCUT2D eigenvalue weighted by Gasteiger charge is -2.02. The van der Waals surface area contributed by atoms with Crippen LogP contribution in [0.3, 0.4) is 0 Å². The molecule has 4 nitrogen and oxygen atoms in total. The molecule has 0 bridgehead atoms. The highest BCUT2D eigenvalue weighted by Gasteiger charge is 2.23. The van der Waals surface area contributed by atoms with Crippen LogP contribution in [-0.4, -0.2) is 24.0 Å². The molecule has 2 aromatic rings. The molecule has 1 aromatic heterocycles. The van der Waals surface area contributed by atoms with Gasteiger partial charge in [-0.1, -0.05) is 41.9 Å². The Balaban J connectivity index is 2.52. The zero-order valence-corrected chi connectivity index (χ0v) is 11.2. The van der Waals surface area contributed by atoms with Gasteiger partial charge >= 0.3 is 5.97 Å². The first-order valence-electron chi connectivity index (χ1n) is 5.32. The quantitative estimate of drug-likeness (QED) is 0.860. The predicted octanol–water partition coefficient (Wildman–Crippen LogP) is 3.34. The van der Waals surface area contributed by atoms with Crippen molar-refractivity contribution < 1.29 is 19.4 Å². The van der Waals surface area contributed by atoms with Crippen LogP contribution in [0, 0.1) is 0 Å². The average molecular weight is 297 g/mol. The van der Waals surface area contributed by atoms with Crippen LogP contribution in [-0.2, 0) is 4.79 Å². The Bertz CT molecular complexity index is 607. The fourth-order valence-corrected chi connectivity index (χ4v) is 2.97. The van der Waals surface area contributed by atoms with Gasteiger partial charge in [0.05, 0.1) is 4.88 Å². The fourth-order valence-electron chi connectivity index (χ4n) is 1.56. The monoisotopic (exact) mass is 296 g/mol. The lowest BCUT2D eigenvalue weighted by atomic mass is 10.2. The van der Waals surface area contributed by atoms with Crippen molar-refractivity contribution in [2.24, 2.45) is 0 Å². The average Bonchev–Trinajstić information content (AvgIpc) is 2.75. The minimum absolute atomic E-state index is 0.00861. The van der Waals surface area contributed by atoms with Crippen LogP contribution in [0.25, 0.3) is 10.4 Å². The normalized spacial score (nSPS) is 10.2. The second-order valence-electron chi connectivity index (χ2n) is 3.55. The summed E-state index contributed by atoms with van der Waals surface area (Å²) in [4.78, 5) is 22.1. The number of benzene rings is 1. The van der Waals surface area contributed by atoms with E-state index in [1.165, 1.54) is 0 Å². The number of aldehydes is 1. The maximum Gasteiger partial charge on any atom is 0.349 e. The Labute approximate surface area is 118 Å². The van der Waals surface area contributed by atoms with E-state index in [1.54, 1.807) is 0 Å². The van der Waals surface area contributed by atoms with Crippen LogP contribution in [0.2, 0.25) is 5.02 Å². The number of carbonyl (C=O) groups excluding carboxylic acids is 1. The smallest absolute Gasteiger partial charge is 0.349 e. The molecular formula is C13H9ClO4S. The molecule has 0 saturated carbocycles. The third kappa shape index (κ3) is 2.77. The standard InChI is InChI=1S/C13H9ClO4S/c14-9-10(18-7-6-15)12(13(16)17)19-11(9)8-4-2-1-3-5-8/h1-6H,7H2,(H,16,17). The van der Waals surface area contributed by atoms with Crippen molar-refractivity contribution >= 4 is 35.2 Å². The van der Waals surface area contributed by atoms with E-state index in [2.05, 4.69) is 0 Å². The molecule has 0 aliphatic heterocycles. The van der Waals surface area contributed by atoms with Crippen molar-refractivity contribution in [1.29, 1.82) is 0 Å². The van der Waals surface area contributed by atoms with E-state index < -0.39 is 5.97 Å². The molecule has 0 amide bonds. The van der Waals surface area contributed by atoms with Crippen molar-refractivity contribution in [2.75, 3.05) is 6.61 Å². The van der Waals surface area contributed by atoms with E-state index in [0.717, 1.165) is 16.9 Å². The van der Waals surface area contributed by atoms with E-state index in [0.29, 0.717) is 11.2 Å². The third-order valence-corrected chi connectivity index (χ3v) is 4.02. The van der Waals surface area contributed by atoms with Gasteiger partial charge in [0.2, 0.25) is 0 Å². The van der Waals surface area contributed by atoms with Gasteiger partial charge in [0.15, 0.2) is 16.9 Å². The van der Waals surface area contributed by atoms with Crippen LogP contribution < -0.4 is 4.74 Å². The van der Waals surface area contributed by atoms with Gasteiger partial charge in [-0.15, -0.1) is 11.3 Å². The molecule has 0 spiro atoms. The van der Waals surface area contributed by atoms with Gasteiger partial charge in [-0.3, -0.25) is 4.79 Å². The van der Waals surface area contributed by atoms with E-state index >= 15 is 0 Å². The number of hydrogen-bond acceptors (Lipinski definition) is 4. The van der Waals surface area contributed by atoms with E-state index in [-0.39, 0.29) is 22.3 Å². The van der Waals surface area contributed by atoms with Gasteiger partial charge in [0.1, 0.15) is 11.6 Å². The summed E-state index contributed by atoms with van der Waals surface area (Å²) in [6, 6.07) is 9.17. The number of hydrogen-bond donors (Lipinski definition) is 1. The van der Waals surface area contributed by atoms with Crippen molar-refractivity contribution in [3.63, 3.8) is 0 Å². The zero-order chi connectivity index (χ0) is 13.8. The maximum absolute atomic E-state index is 11.2. The molecule has 0 aliphatic carbocycles. The summed E-state index contributed by atoms with van der Waals surface area (Å²) in [5.74, 6) is -1.08. The molecule has 0 atom stereocenters. The highest BCUT2D eigenvalue weighted by Crippen LogP contribution is 2.45. The Kier molecular flexibility index (Phi) is 4.19. The molecule has 98 valence electrons.